The molecule has 0 unspecified atom stereocenters. The van der Waals surface area contributed by atoms with Gasteiger partial charge in [0.1, 0.15) is 0 Å². The minimum atomic E-state index is 0.0554. The van der Waals surface area contributed by atoms with Crippen LogP contribution in [-0.4, -0.2) is 4.21 Å². The zero-order valence-electron chi connectivity index (χ0n) is 37.3. The molecule has 0 bridgehead atoms. The van der Waals surface area contributed by atoms with Gasteiger partial charge < -0.3 is 0 Å². The number of rotatable bonds is 2. The van der Waals surface area contributed by atoms with Gasteiger partial charge in [-0.25, -0.2) is 12.1 Å². The first-order valence-corrected chi connectivity index (χ1v) is 23.1. The second kappa shape index (κ2) is 20.7. The molecule has 0 aliphatic rings. The zero-order valence-corrected chi connectivity index (χ0v) is 39.7. The third-order valence-corrected chi connectivity index (χ3v) is 11.1. The van der Waals surface area contributed by atoms with Crippen molar-refractivity contribution in [3.05, 3.63) is 242 Å². The summed E-state index contributed by atoms with van der Waals surface area (Å²) in [5.74, 6) is 0. The molecule has 0 fully saturated rings. The van der Waals surface area contributed by atoms with Crippen molar-refractivity contribution in [3.8, 4) is 22.3 Å². The molecule has 10 aromatic carbocycles. The van der Waals surface area contributed by atoms with Crippen LogP contribution >= 0.6 is 0 Å². The van der Waals surface area contributed by atoms with Crippen LogP contribution in [0.3, 0.4) is 0 Å². The smallest absolute Gasteiger partial charge is 0.172 e. The average Bonchev–Trinajstić information content (AvgIpc) is 3.99. The Balaban J connectivity index is 0.000000177. The van der Waals surface area contributed by atoms with Gasteiger partial charge in [-0.15, -0.1) is 74.8 Å². The molecule has 1 heteroatoms. The van der Waals surface area contributed by atoms with E-state index in [1.165, 1.54) is 101 Å². The van der Waals surface area contributed by atoms with Gasteiger partial charge in [0, 0.05) is 0 Å². The molecule has 0 N–H and O–H groups in total. The van der Waals surface area contributed by atoms with E-state index < -0.39 is 0 Å². The average molecular weight is 882 g/mol. The Bertz CT molecular complexity index is 2730. The van der Waals surface area contributed by atoms with Gasteiger partial charge in [-0.1, -0.05) is 174 Å². The molecule has 0 amide bonds. The van der Waals surface area contributed by atoms with Crippen molar-refractivity contribution in [2.45, 2.75) is 52.4 Å². The Morgan fingerprint density at radius 3 is 1.10 bits per heavy atom. The van der Waals surface area contributed by atoms with Crippen molar-refractivity contribution in [2.24, 2.45) is 0 Å². The predicted molar refractivity (Wildman–Crippen MR) is 271 cm³/mol. The first-order chi connectivity index (χ1) is 29.9. The van der Waals surface area contributed by atoms with Crippen LogP contribution in [0.5, 0.6) is 0 Å². The summed E-state index contributed by atoms with van der Waals surface area (Å²) in [6.45, 7) is 21.8. The maximum Gasteiger partial charge on any atom is -0.172 e. The van der Waals surface area contributed by atoms with Gasteiger partial charge in [-0.3, -0.25) is 0 Å². The van der Waals surface area contributed by atoms with Crippen LogP contribution in [0.4, 0.5) is 0 Å². The van der Waals surface area contributed by atoms with E-state index in [2.05, 4.69) is 187 Å². The van der Waals surface area contributed by atoms with E-state index in [0.717, 1.165) is 11.1 Å². The summed E-state index contributed by atoms with van der Waals surface area (Å²) in [4.78, 5) is 0. The van der Waals surface area contributed by atoms with E-state index in [9.17, 15) is 0 Å². The van der Waals surface area contributed by atoms with Crippen molar-refractivity contribution in [1.29, 1.82) is 0 Å². The van der Waals surface area contributed by atoms with Crippen LogP contribution in [0.15, 0.2) is 206 Å². The summed E-state index contributed by atoms with van der Waals surface area (Å²) in [7, 11) is 0. The molecule has 0 aliphatic carbocycles. The van der Waals surface area contributed by atoms with E-state index in [1.54, 1.807) is 0 Å². The van der Waals surface area contributed by atoms with Crippen molar-refractivity contribution in [1.82, 2.24) is 0 Å². The minimum absolute atomic E-state index is 0.0554. The SMILES string of the molecule is CC(C)(C)c1cc2c(cc1-c1ccccc1)[cH-]c1cc(-c3ccccc3)c(C(C)(C)C)cc12.[CH2-]c1cccc2ccccc12.[CH2-]c1cccc2ccccc12.[CH2]=[Zr].c1cc[cH-]c1. The number of fused-ring (bicyclic) bond motifs is 5. The first kappa shape index (κ1) is 45.5. The van der Waals surface area contributed by atoms with E-state index in [0.29, 0.717) is 0 Å². The van der Waals surface area contributed by atoms with Gasteiger partial charge in [-0.2, -0.15) is 55.3 Å². The summed E-state index contributed by atoms with van der Waals surface area (Å²) in [6.07, 6.45) is 0. The molecule has 0 aliphatic heterocycles. The van der Waals surface area contributed by atoms with Gasteiger partial charge in [0.2, 0.25) is 0 Å². The van der Waals surface area contributed by atoms with Crippen LogP contribution in [0, 0.1) is 13.8 Å². The molecule has 310 valence electrons. The topological polar surface area (TPSA) is 0 Å². The second-order valence-electron chi connectivity index (χ2n) is 17.6. The normalized spacial score (nSPS) is 11.0. The fourth-order valence-electron chi connectivity index (χ4n) is 7.97. The summed E-state index contributed by atoms with van der Waals surface area (Å²) in [5.41, 5.74) is 10.4. The van der Waals surface area contributed by atoms with Crippen LogP contribution in [0.2, 0.25) is 0 Å². The van der Waals surface area contributed by atoms with E-state index in [4.69, 9.17) is 0 Å². The van der Waals surface area contributed by atoms with Crippen LogP contribution in [0.25, 0.3) is 65.3 Å². The fraction of sp³-hybridized carbons (Fsp3) is 0.131. The molecule has 10 aromatic rings. The van der Waals surface area contributed by atoms with E-state index in [1.807, 2.05) is 78.9 Å². The quantitative estimate of drug-likeness (QED) is 0.152. The molecule has 0 nitrogen and oxygen atoms in total. The van der Waals surface area contributed by atoms with Crippen LogP contribution in [0.1, 0.15) is 63.8 Å². The molecule has 0 atom stereocenters. The van der Waals surface area contributed by atoms with Crippen molar-refractivity contribution >= 4 is 47.3 Å². The molecular formula is C61H58Zr-4. The number of hydrogen-bond donors (Lipinski definition) is 0. The third kappa shape index (κ3) is 11.1. The molecule has 0 spiro atoms. The summed E-state index contributed by atoms with van der Waals surface area (Å²) < 4.78 is 3.34. The Labute approximate surface area is 386 Å². The Hall–Kier alpha value is -6.01. The van der Waals surface area contributed by atoms with Crippen molar-refractivity contribution in [3.63, 3.8) is 0 Å². The molecular weight excluding hydrogens is 824 g/mol. The molecule has 10 rings (SSSR count). The summed E-state index contributed by atoms with van der Waals surface area (Å²) >= 11 is 1.30. The Kier molecular flexibility index (Phi) is 15.2. The number of benzene rings is 8. The van der Waals surface area contributed by atoms with Crippen molar-refractivity contribution in [2.75, 3.05) is 0 Å². The van der Waals surface area contributed by atoms with E-state index >= 15 is 0 Å². The van der Waals surface area contributed by atoms with Gasteiger partial charge >= 0.3 is 28.4 Å². The van der Waals surface area contributed by atoms with Crippen LogP contribution < -0.4 is 0 Å². The number of hydrogen-bond acceptors (Lipinski definition) is 0. The molecule has 0 saturated carbocycles. The summed E-state index contributed by atoms with van der Waals surface area (Å²) in [5, 5.41) is 10.4. The maximum absolute atomic E-state index is 3.95. The Morgan fingerprint density at radius 1 is 0.403 bits per heavy atom. The second-order valence-corrected chi connectivity index (χ2v) is 17.6. The maximum atomic E-state index is 3.95. The van der Waals surface area contributed by atoms with Gasteiger partial charge in [0.05, 0.1) is 0 Å². The van der Waals surface area contributed by atoms with Crippen molar-refractivity contribution < 1.29 is 24.2 Å². The minimum Gasteiger partial charge on any atom is -0.214 e. The Morgan fingerprint density at radius 2 is 0.758 bits per heavy atom. The van der Waals surface area contributed by atoms with Gasteiger partial charge in [0.25, 0.3) is 0 Å². The van der Waals surface area contributed by atoms with E-state index in [-0.39, 0.29) is 10.8 Å². The summed E-state index contributed by atoms with van der Waals surface area (Å²) in [6, 6.07) is 72.6. The molecule has 0 saturated heterocycles. The zero-order chi connectivity index (χ0) is 44.3. The molecule has 0 heterocycles. The van der Waals surface area contributed by atoms with Crippen LogP contribution in [-0.2, 0) is 35.1 Å². The van der Waals surface area contributed by atoms with Gasteiger partial charge in [0.15, 0.2) is 0 Å². The fourth-order valence-corrected chi connectivity index (χ4v) is 7.97. The third-order valence-electron chi connectivity index (χ3n) is 11.1. The standard InChI is InChI=1S/C33H33.2C11H9.C5H5.CH2.Zr/c1-32(2,3)30-20-26-24(18-28(30)22-13-9-7-10-14-22)17-25-19-29(23-15-11-8-12-16-23)31(21-27(25)26)33(4,5)6;2*1-9-5-4-7-10-6-2-3-8-11(9)10;1-2-4-5-3-1;;/h7-21H,1-6H3;2*2-8H,1H2;1-5H;1H2;/q4*-1;;. The molecule has 62 heavy (non-hydrogen) atoms. The predicted octanol–water partition coefficient (Wildman–Crippen LogP) is 17.1. The first-order valence-electron chi connectivity index (χ1n) is 21.3. The van der Waals surface area contributed by atoms with Gasteiger partial charge in [-0.05, 0) is 44.2 Å². The molecule has 0 aromatic heterocycles. The monoisotopic (exact) mass is 880 g/mol. The largest absolute Gasteiger partial charge is 0.214 e. The molecule has 0 radical (unpaired) electrons.